The van der Waals surface area contributed by atoms with Crippen molar-refractivity contribution in [1.82, 2.24) is 4.31 Å². The molecule has 2 heterocycles. The molecule has 0 unspecified atom stereocenters. The van der Waals surface area contributed by atoms with Crippen LogP contribution in [0, 0.1) is 25.6 Å². The van der Waals surface area contributed by atoms with Gasteiger partial charge in [-0.1, -0.05) is 17.7 Å². The molecule has 2 aromatic carbocycles. The molecule has 0 bridgehead atoms. The van der Waals surface area contributed by atoms with Crippen molar-refractivity contribution in [2.24, 2.45) is 5.92 Å². The second-order valence-electron chi connectivity index (χ2n) is 8.80. The summed E-state index contributed by atoms with van der Waals surface area (Å²) in [5, 5.41) is 2.81. The Morgan fingerprint density at radius 1 is 1.00 bits per heavy atom. The number of aryl methyl sites for hydroxylation is 2. The molecule has 0 spiro atoms. The maximum absolute atomic E-state index is 14.5. The predicted octanol–water partition coefficient (Wildman–Crippen LogP) is 4.08. The van der Waals surface area contributed by atoms with Crippen LogP contribution in [0.3, 0.4) is 0 Å². The number of amides is 1. The number of rotatable bonds is 5. The fourth-order valence-electron chi connectivity index (χ4n) is 4.63. The molecule has 0 saturated carbocycles. The number of hydrogen-bond donors (Lipinski definition) is 1. The van der Waals surface area contributed by atoms with Gasteiger partial charge in [0, 0.05) is 37.8 Å². The van der Waals surface area contributed by atoms with Crippen LogP contribution in [0.15, 0.2) is 41.3 Å². The Balaban J connectivity index is 1.37. The van der Waals surface area contributed by atoms with Crippen molar-refractivity contribution in [3.8, 4) is 0 Å². The van der Waals surface area contributed by atoms with Crippen molar-refractivity contribution in [2.75, 3.05) is 36.4 Å². The van der Waals surface area contributed by atoms with Gasteiger partial charge in [-0.15, -0.1) is 0 Å². The summed E-state index contributed by atoms with van der Waals surface area (Å²) in [6.45, 7) is 6.01. The van der Waals surface area contributed by atoms with Gasteiger partial charge < -0.3 is 10.2 Å². The molecule has 2 fully saturated rings. The third-order valence-corrected chi connectivity index (χ3v) is 8.49. The third-order valence-electron chi connectivity index (χ3n) is 6.43. The summed E-state index contributed by atoms with van der Waals surface area (Å²) in [6.07, 6.45) is 3.00. The van der Waals surface area contributed by atoms with Crippen LogP contribution in [0.25, 0.3) is 0 Å². The second kappa shape index (κ2) is 9.19. The van der Waals surface area contributed by atoms with Gasteiger partial charge in [0.1, 0.15) is 5.82 Å². The summed E-state index contributed by atoms with van der Waals surface area (Å²) < 4.78 is 42.1. The maximum atomic E-state index is 14.5. The minimum Gasteiger partial charge on any atom is -0.369 e. The fourth-order valence-corrected chi connectivity index (χ4v) is 6.31. The Hall–Kier alpha value is -2.45. The van der Waals surface area contributed by atoms with Gasteiger partial charge in [0.15, 0.2) is 0 Å². The van der Waals surface area contributed by atoms with Crippen LogP contribution in [-0.4, -0.2) is 44.8 Å². The first kappa shape index (κ1) is 22.7. The molecule has 0 aromatic heterocycles. The van der Waals surface area contributed by atoms with Crippen molar-refractivity contribution in [1.29, 1.82) is 0 Å². The Bertz CT molecular complexity index is 1110. The summed E-state index contributed by atoms with van der Waals surface area (Å²) in [4.78, 5) is 15.1. The fraction of sp³-hybridized carbons (Fsp3) is 0.458. The van der Waals surface area contributed by atoms with Crippen molar-refractivity contribution >= 4 is 27.3 Å². The first-order chi connectivity index (χ1) is 15.3. The van der Waals surface area contributed by atoms with Gasteiger partial charge in [-0.2, -0.15) is 4.31 Å². The van der Waals surface area contributed by atoms with E-state index < -0.39 is 10.0 Å². The van der Waals surface area contributed by atoms with Crippen molar-refractivity contribution in [3.63, 3.8) is 0 Å². The lowest BCUT2D eigenvalue weighted by atomic mass is 9.97. The number of nitrogens with zero attached hydrogens (tertiary/aromatic N) is 2. The van der Waals surface area contributed by atoms with E-state index >= 15 is 0 Å². The molecule has 0 aliphatic carbocycles. The van der Waals surface area contributed by atoms with Crippen molar-refractivity contribution in [3.05, 3.63) is 53.3 Å². The summed E-state index contributed by atoms with van der Waals surface area (Å²) in [5.74, 6) is -0.831. The van der Waals surface area contributed by atoms with E-state index in [0.717, 1.165) is 37.1 Å². The molecular formula is C24H30FN3O3S. The van der Waals surface area contributed by atoms with Crippen molar-refractivity contribution in [2.45, 2.75) is 44.4 Å². The van der Waals surface area contributed by atoms with Crippen LogP contribution in [0.1, 0.15) is 36.8 Å². The van der Waals surface area contributed by atoms with E-state index in [1.165, 1.54) is 10.4 Å². The summed E-state index contributed by atoms with van der Waals surface area (Å²) in [5.41, 5.74) is 2.75. The number of carbonyl (C=O) groups excluding carboxylic acids is 1. The Kier molecular flexibility index (Phi) is 6.53. The number of carbonyl (C=O) groups is 1. The van der Waals surface area contributed by atoms with E-state index in [4.69, 9.17) is 0 Å². The highest BCUT2D eigenvalue weighted by atomic mass is 32.2. The molecule has 1 N–H and O–H groups in total. The smallest absolute Gasteiger partial charge is 0.243 e. The molecule has 2 saturated heterocycles. The van der Waals surface area contributed by atoms with Gasteiger partial charge in [0.2, 0.25) is 15.9 Å². The molecule has 0 atom stereocenters. The number of hydrogen-bond acceptors (Lipinski definition) is 4. The molecule has 6 nitrogen and oxygen atoms in total. The van der Waals surface area contributed by atoms with Gasteiger partial charge in [0.05, 0.1) is 10.6 Å². The van der Waals surface area contributed by atoms with E-state index in [-0.39, 0.29) is 30.7 Å². The van der Waals surface area contributed by atoms with Gasteiger partial charge in [-0.3, -0.25) is 4.79 Å². The minimum atomic E-state index is -3.59. The maximum Gasteiger partial charge on any atom is 0.243 e. The molecule has 172 valence electrons. The summed E-state index contributed by atoms with van der Waals surface area (Å²) in [6, 6.07) is 10.1. The molecular weight excluding hydrogens is 429 g/mol. The van der Waals surface area contributed by atoms with Crippen LogP contribution in [0.4, 0.5) is 15.8 Å². The molecule has 32 heavy (non-hydrogen) atoms. The van der Waals surface area contributed by atoms with Gasteiger partial charge in [-0.05, 0) is 69.4 Å². The van der Waals surface area contributed by atoms with Gasteiger partial charge in [-0.25, -0.2) is 12.8 Å². The second-order valence-corrected chi connectivity index (χ2v) is 10.7. The monoisotopic (exact) mass is 459 g/mol. The molecule has 1 amide bonds. The van der Waals surface area contributed by atoms with Crippen LogP contribution in [-0.2, 0) is 14.8 Å². The molecule has 2 aliphatic heterocycles. The highest BCUT2D eigenvalue weighted by molar-refractivity contribution is 7.89. The molecule has 0 radical (unpaired) electrons. The van der Waals surface area contributed by atoms with Crippen LogP contribution in [0.2, 0.25) is 0 Å². The summed E-state index contributed by atoms with van der Waals surface area (Å²) >= 11 is 0. The first-order valence-corrected chi connectivity index (χ1v) is 12.6. The highest BCUT2D eigenvalue weighted by Crippen LogP contribution is 2.29. The number of benzene rings is 2. The average Bonchev–Trinajstić information content (AvgIpc) is 3.28. The lowest BCUT2D eigenvalue weighted by Gasteiger charge is -2.31. The number of sulfonamides is 1. The van der Waals surface area contributed by atoms with E-state index in [1.807, 2.05) is 17.9 Å². The SMILES string of the molecule is Cc1ccc(S(=O)(=O)N2CCC(C(=O)Nc3ccc(N4CCCC4)c(F)c3)CC2)c(C)c1. The lowest BCUT2D eigenvalue weighted by Crippen LogP contribution is -2.41. The third kappa shape index (κ3) is 4.66. The van der Waals surface area contributed by atoms with E-state index in [9.17, 15) is 17.6 Å². The molecule has 8 heteroatoms. The number of piperidine rings is 1. The Morgan fingerprint density at radius 2 is 1.69 bits per heavy atom. The zero-order chi connectivity index (χ0) is 22.9. The lowest BCUT2D eigenvalue weighted by molar-refractivity contribution is -0.120. The zero-order valence-corrected chi connectivity index (χ0v) is 19.4. The summed E-state index contributed by atoms with van der Waals surface area (Å²) in [7, 11) is -3.59. The Labute approximate surface area is 189 Å². The predicted molar refractivity (Wildman–Crippen MR) is 124 cm³/mol. The topological polar surface area (TPSA) is 69.7 Å². The van der Waals surface area contributed by atoms with Crippen LogP contribution >= 0.6 is 0 Å². The highest BCUT2D eigenvalue weighted by Gasteiger charge is 2.33. The van der Waals surface area contributed by atoms with Crippen LogP contribution in [0.5, 0.6) is 0 Å². The van der Waals surface area contributed by atoms with E-state index in [2.05, 4.69) is 5.32 Å². The van der Waals surface area contributed by atoms with Gasteiger partial charge >= 0.3 is 0 Å². The first-order valence-electron chi connectivity index (χ1n) is 11.2. The number of anilines is 2. The standard InChI is InChI=1S/C24H30FN3O3S/c1-17-5-8-23(18(2)15-17)32(30,31)28-13-9-19(10-14-28)24(29)26-20-6-7-22(21(25)16-20)27-11-3-4-12-27/h5-8,15-16,19H,3-4,9-14H2,1-2H3,(H,26,29). The van der Waals surface area contributed by atoms with E-state index in [0.29, 0.717) is 29.1 Å². The molecule has 4 rings (SSSR count). The average molecular weight is 460 g/mol. The van der Waals surface area contributed by atoms with E-state index in [1.54, 1.807) is 31.2 Å². The number of halogens is 1. The largest absolute Gasteiger partial charge is 0.369 e. The normalized spacial score (nSPS) is 18.2. The van der Waals surface area contributed by atoms with Crippen molar-refractivity contribution < 1.29 is 17.6 Å². The Morgan fingerprint density at radius 3 is 2.31 bits per heavy atom. The quantitative estimate of drug-likeness (QED) is 0.732. The van der Waals surface area contributed by atoms with Crippen LogP contribution < -0.4 is 10.2 Å². The number of nitrogens with one attached hydrogen (secondary N) is 1. The van der Waals surface area contributed by atoms with Gasteiger partial charge in [0.25, 0.3) is 0 Å². The zero-order valence-electron chi connectivity index (χ0n) is 18.6. The molecule has 2 aromatic rings. The minimum absolute atomic E-state index is 0.193. The molecule has 2 aliphatic rings.